The Morgan fingerprint density at radius 1 is 0.861 bits per heavy atom. The molecule has 0 saturated carbocycles. The van der Waals surface area contributed by atoms with Crippen LogP contribution in [-0.4, -0.2) is 58.2 Å². The summed E-state index contributed by atoms with van der Waals surface area (Å²) < 4.78 is 1.60. The van der Waals surface area contributed by atoms with Crippen molar-refractivity contribution in [1.29, 1.82) is 5.26 Å². The van der Waals surface area contributed by atoms with Gasteiger partial charge in [-0.3, -0.25) is 14.6 Å². The quantitative estimate of drug-likeness (QED) is 0.435. The van der Waals surface area contributed by atoms with Crippen molar-refractivity contribution in [2.75, 3.05) is 38.0 Å². The van der Waals surface area contributed by atoms with Crippen LogP contribution in [0.1, 0.15) is 22.7 Å². The smallest absolute Gasteiger partial charge is 0.239 e. The first kappa shape index (κ1) is 23.5. The number of rotatable bonds is 7. The minimum Gasteiger partial charge on any atom is -0.308 e. The molecule has 1 fully saturated rings. The first-order valence-electron chi connectivity index (χ1n) is 12.1. The van der Waals surface area contributed by atoms with Crippen LogP contribution in [0.5, 0.6) is 0 Å². The fourth-order valence-corrected chi connectivity index (χ4v) is 4.75. The molecule has 1 aliphatic heterocycles. The van der Waals surface area contributed by atoms with Crippen molar-refractivity contribution in [1.82, 2.24) is 19.6 Å². The third kappa shape index (κ3) is 5.20. The third-order valence-electron chi connectivity index (χ3n) is 6.52. The second-order valence-electron chi connectivity index (χ2n) is 8.85. The Hall–Kier alpha value is -4.25. The highest BCUT2D eigenvalue weighted by atomic mass is 16.2. The Morgan fingerprint density at radius 2 is 1.42 bits per heavy atom. The van der Waals surface area contributed by atoms with Gasteiger partial charge in [-0.25, -0.2) is 4.68 Å². The zero-order valence-electron chi connectivity index (χ0n) is 20.0. The van der Waals surface area contributed by atoms with Gasteiger partial charge in [-0.15, -0.1) is 0 Å². The van der Waals surface area contributed by atoms with Gasteiger partial charge in [0.05, 0.1) is 24.5 Å². The van der Waals surface area contributed by atoms with E-state index in [1.807, 2.05) is 42.5 Å². The first-order valence-corrected chi connectivity index (χ1v) is 12.1. The van der Waals surface area contributed by atoms with Crippen molar-refractivity contribution >= 4 is 11.7 Å². The van der Waals surface area contributed by atoms with Crippen LogP contribution in [0, 0.1) is 11.3 Å². The lowest BCUT2D eigenvalue weighted by Gasteiger charge is -2.39. The molecule has 180 valence electrons. The van der Waals surface area contributed by atoms with E-state index in [1.165, 1.54) is 17.3 Å². The number of anilines is 1. The molecule has 36 heavy (non-hydrogen) atoms. The van der Waals surface area contributed by atoms with E-state index >= 15 is 0 Å². The second-order valence-corrected chi connectivity index (χ2v) is 8.85. The van der Waals surface area contributed by atoms with E-state index in [0.29, 0.717) is 11.4 Å². The number of para-hydroxylation sites is 1. The zero-order chi connectivity index (χ0) is 24.7. The molecule has 2 heterocycles. The predicted octanol–water partition coefficient (Wildman–Crippen LogP) is 4.09. The number of aromatic nitrogens is 2. The molecule has 0 aliphatic carbocycles. The van der Waals surface area contributed by atoms with Gasteiger partial charge >= 0.3 is 0 Å². The van der Waals surface area contributed by atoms with E-state index in [9.17, 15) is 10.1 Å². The average Bonchev–Trinajstić information content (AvgIpc) is 3.34. The van der Waals surface area contributed by atoms with Gasteiger partial charge in [0.1, 0.15) is 11.6 Å². The van der Waals surface area contributed by atoms with E-state index in [4.69, 9.17) is 0 Å². The summed E-state index contributed by atoms with van der Waals surface area (Å²) in [4.78, 5) is 17.6. The lowest BCUT2D eigenvalue weighted by molar-refractivity contribution is -0.117. The molecule has 1 aliphatic rings. The van der Waals surface area contributed by atoms with Crippen molar-refractivity contribution in [2.24, 2.45) is 0 Å². The minimum atomic E-state index is -0.153. The molecule has 1 saturated heterocycles. The summed E-state index contributed by atoms with van der Waals surface area (Å²) >= 11 is 0. The zero-order valence-corrected chi connectivity index (χ0v) is 20.0. The Labute approximate surface area is 211 Å². The predicted molar refractivity (Wildman–Crippen MR) is 140 cm³/mol. The molecule has 1 N–H and O–H groups in total. The number of nitrogens with zero attached hydrogens (tertiary/aromatic N) is 5. The number of piperazine rings is 1. The SMILES string of the molecule is N#Cc1cnn(-c2ccccc2)c1NC(=O)CN1CCN(C(c2ccccc2)c2ccccc2)CC1. The van der Waals surface area contributed by atoms with Crippen molar-refractivity contribution in [2.45, 2.75) is 6.04 Å². The lowest BCUT2D eigenvalue weighted by atomic mass is 9.96. The summed E-state index contributed by atoms with van der Waals surface area (Å²) in [6.07, 6.45) is 1.48. The molecule has 0 atom stereocenters. The van der Waals surface area contributed by atoms with Gasteiger partial charge in [0.15, 0.2) is 5.82 Å². The van der Waals surface area contributed by atoms with E-state index in [2.05, 4.69) is 74.8 Å². The van der Waals surface area contributed by atoms with Crippen LogP contribution in [0.15, 0.2) is 97.2 Å². The molecule has 1 aromatic heterocycles. The van der Waals surface area contributed by atoms with Gasteiger partial charge in [-0.1, -0.05) is 78.9 Å². The van der Waals surface area contributed by atoms with Crippen LogP contribution >= 0.6 is 0 Å². The van der Waals surface area contributed by atoms with Crippen molar-refractivity contribution < 1.29 is 4.79 Å². The molecule has 7 nitrogen and oxygen atoms in total. The molecule has 3 aromatic carbocycles. The summed E-state index contributed by atoms with van der Waals surface area (Å²) in [5.74, 6) is 0.251. The van der Waals surface area contributed by atoms with Crippen LogP contribution in [0.2, 0.25) is 0 Å². The summed E-state index contributed by atoms with van der Waals surface area (Å²) in [6, 6.07) is 32.9. The third-order valence-corrected chi connectivity index (χ3v) is 6.52. The maximum Gasteiger partial charge on any atom is 0.239 e. The molecular formula is C29H28N6O. The minimum absolute atomic E-state index is 0.153. The summed E-state index contributed by atoms with van der Waals surface area (Å²) in [5.41, 5.74) is 3.67. The van der Waals surface area contributed by atoms with Crippen LogP contribution in [0.4, 0.5) is 5.82 Å². The molecule has 0 unspecified atom stereocenters. The monoisotopic (exact) mass is 476 g/mol. The fraction of sp³-hybridized carbons (Fsp3) is 0.207. The van der Waals surface area contributed by atoms with Crippen molar-refractivity contribution in [3.05, 3.63) is 114 Å². The topological polar surface area (TPSA) is 77.2 Å². The summed E-state index contributed by atoms with van der Waals surface area (Å²) in [7, 11) is 0. The number of carbonyl (C=O) groups is 1. The van der Waals surface area contributed by atoms with Crippen LogP contribution in [-0.2, 0) is 4.79 Å². The van der Waals surface area contributed by atoms with E-state index in [-0.39, 0.29) is 18.5 Å². The maximum atomic E-state index is 13.0. The average molecular weight is 477 g/mol. The van der Waals surface area contributed by atoms with E-state index in [0.717, 1.165) is 31.9 Å². The van der Waals surface area contributed by atoms with Gasteiger partial charge in [-0.2, -0.15) is 10.4 Å². The molecular weight excluding hydrogens is 448 g/mol. The molecule has 0 bridgehead atoms. The number of hydrogen-bond donors (Lipinski definition) is 1. The van der Waals surface area contributed by atoms with Crippen molar-refractivity contribution in [3.8, 4) is 11.8 Å². The Morgan fingerprint density at radius 3 is 1.97 bits per heavy atom. The first-order chi connectivity index (χ1) is 17.7. The van der Waals surface area contributed by atoms with Crippen molar-refractivity contribution in [3.63, 3.8) is 0 Å². The van der Waals surface area contributed by atoms with Gasteiger partial charge in [-0.05, 0) is 23.3 Å². The van der Waals surface area contributed by atoms with E-state index < -0.39 is 0 Å². The van der Waals surface area contributed by atoms with E-state index in [1.54, 1.807) is 4.68 Å². The number of hydrogen-bond acceptors (Lipinski definition) is 5. The number of benzene rings is 3. The molecule has 1 amide bonds. The number of carbonyl (C=O) groups excluding carboxylic acids is 1. The second kappa shape index (κ2) is 11.0. The maximum absolute atomic E-state index is 13.0. The van der Waals surface area contributed by atoms with Crippen LogP contribution in [0.25, 0.3) is 5.69 Å². The normalized spacial score (nSPS) is 14.4. The van der Waals surface area contributed by atoms with Crippen LogP contribution in [0.3, 0.4) is 0 Å². The highest BCUT2D eigenvalue weighted by Crippen LogP contribution is 2.29. The molecule has 5 rings (SSSR count). The Bertz CT molecular complexity index is 1280. The molecule has 0 radical (unpaired) electrons. The van der Waals surface area contributed by atoms with Gasteiger partial charge in [0.2, 0.25) is 5.91 Å². The number of nitriles is 1. The lowest BCUT2D eigenvalue weighted by Crippen LogP contribution is -2.49. The summed E-state index contributed by atoms with van der Waals surface area (Å²) in [5, 5.41) is 16.7. The van der Waals surface area contributed by atoms with Gasteiger partial charge in [0, 0.05) is 26.2 Å². The summed E-state index contributed by atoms with van der Waals surface area (Å²) in [6.45, 7) is 3.54. The Balaban J connectivity index is 1.24. The fourth-order valence-electron chi connectivity index (χ4n) is 4.75. The highest BCUT2D eigenvalue weighted by molar-refractivity contribution is 5.93. The molecule has 0 spiro atoms. The number of amides is 1. The molecule has 4 aromatic rings. The van der Waals surface area contributed by atoms with Gasteiger partial charge in [0.25, 0.3) is 0 Å². The number of nitrogens with one attached hydrogen (secondary N) is 1. The molecule has 7 heteroatoms. The standard InChI is InChI=1S/C29H28N6O/c30-20-25-21-31-35(26-14-8-3-9-15-26)29(25)32-27(36)22-33-16-18-34(19-17-33)28(23-10-4-1-5-11-23)24-12-6-2-7-13-24/h1-15,21,28H,16-19,22H2,(H,32,36). The largest absolute Gasteiger partial charge is 0.308 e. The Kier molecular flexibility index (Phi) is 7.17. The van der Waals surface area contributed by atoms with Crippen LogP contribution < -0.4 is 5.32 Å². The highest BCUT2D eigenvalue weighted by Gasteiger charge is 2.27. The van der Waals surface area contributed by atoms with Gasteiger partial charge < -0.3 is 5.32 Å².